The minimum absolute atomic E-state index is 0.117. The topological polar surface area (TPSA) is 23.6 Å². The van der Waals surface area contributed by atoms with Crippen LogP contribution in [-0.2, 0) is 0 Å². The second kappa shape index (κ2) is 6.48. The number of halogens is 2. The Morgan fingerprint density at radius 2 is 2.11 bits per heavy atom. The van der Waals surface area contributed by atoms with Crippen LogP contribution in [-0.4, -0.2) is 48.9 Å². The maximum absolute atomic E-state index is 13.7. The molecule has 0 radical (unpaired) electrons. The molecule has 1 fully saturated rings. The second-order valence-corrected chi connectivity index (χ2v) is 5.73. The summed E-state index contributed by atoms with van der Waals surface area (Å²) in [4.78, 5) is 16.1. The van der Waals surface area contributed by atoms with Gasteiger partial charge >= 0.3 is 0 Å². The summed E-state index contributed by atoms with van der Waals surface area (Å²) < 4.78 is 14.2. The quantitative estimate of drug-likeness (QED) is 0.848. The van der Waals surface area contributed by atoms with Gasteiger partial charge in [0.05, 0.1) is 5.56 Å². The van der Waals surface area contributed by atoms with E-state index in [1.807, 2.05) is 0 Å². The number of amides is 1. The van der Waals surface area contributed by atoms with Crippen molar-refractivity contribution in [3.8, 4) is 0 Å². The molecule has 0 unspecified atom stereocenters. The third-order valence-electron chi connectivity index (χ3n) is 3.47. The van der Waals surface area contributed by atoms with Crippen LogP contribution in [0.1, 0.15) is 23.2 Å². The normalized spacial score (nSPS) is 15.7. The highest BCUT2D eigenvalue weighted by Gasteiger charge is 2.20. The van der Waals surface area contributed by atoms with E-state index in [1.165, 1.54) is 18.9 Å². The van der Waals surface area contributed by atoms with Crippen molar-refractivity contribution in [1.29, 1.82) is 0 Å². The number of likely N-dealkylation sites (tertiary alicyclic amines) is 1. The first-order chi connectivity index (χ1) is 9.09. The molecule has 1 aromatic rings. The Hall–Kier alpha value is -0.940. The zero-order valence-corrected chi connectivity index (χ0v) is 12.6. The second-order valence-electron chi connectivity index (χ2n) is 4.87. The largest absolute Gasteiger partial charge is 0.340 e. The van der Waals surface area contributed by atoms with Gasteiger partial charge in [0.25, 0.3) is 5.91 Å². The number of benzene rings is 1. The Labute approximate surface area is 121 Å². The van der Waals surface area contributed by atoms with E-state index in [9.17, 15) is 9.18 Å². The van der Waals surface area contributed by atoms with Crippen molar-refractivity contribution >= 4 is 21.8 Å². The highest BCUT2D eigenvalue weighted by atomic mass is 79.9. The van der Waals surface area contributed by atoms with Crippen LogP contribution in [0.3, 0.4) is 0 Å². The molecule has 0 bridgehead atoms. The fourth-order valence-corrected chi connectivity index (χ4v) is 2.80. The first-order valence-electron chi connectivity index (χ1n) is 6.51. The highest BCUT2D eigenvalue weighted by molar-refractivity contribution is 9.10. The van der Waals surface area contributed by atoms with Gasteiger partial charge in [0.1, 0.15) is 5.82 Å². The number of hydrogen-bond acceptors (Lipinski definition) is 2. The van der Waals surface area contributed by atoms with E-state index in [0.29, 0.717) is 11.0 Å². The zero-order chi connectivity index (χ0) is 13.8. The lowest BCUT2D eigenvalue weighted by Gasteiger charge is -2.22. The molecule has 3 nitrogen and oxygen atoms in total. The maximum Gasteiger partial charge on any atom is 0.257 e. The molecule has 1 amide bonds. The summed E-state index contributed by atoms with van der Waals surface area (Å²) >= 11 is 3.24. The van der Waals surface area contributed by atoms with Gasteiger partial charge in [-0.25, -0.2) is 4.39 Å². The predicted octanol–water partition coefficient (Wildman–Crippen LogP) is 2.76. The summed E-state index contributed by atoms with van der Waals surface area (Å²) in [5.74, 6) is -0.753. The van der Waals surface area contributed by atoms with Gasteiger partial charge in [0, 0.05) is 24.6 Å². The molecule has 5 heteroatoms. The van der Waals surface area contributed by atoms with Gasteiger partial charge in [-0.3, -0.25) is 4.79 Å². The van der Waals surface area contributed by atoms with Crippen molar-refractivity contribution in [1.82, 2.24) is 9.80 Å². The Balaban J connectivity index is 1.98. The summed E-state index contributed by atoms with van der Waals surface area (Å²) in [6.45, 7) is 3.69. The van der Waals surface area contributed by atoms with Crippen LogP contribution >= 0.6 is 15.9 Å². The molecule has 1 aromatic carbocycles. The number of carbonyl (C=O) groups excluding carboxylic acids is 1. The average Bonchev–Trinajstić information content (AvgIpc) is 2.88. The van der Waals surface area contributed by atoms with Crippen molar-refractivity contribution in [3.05, 3.63) is 34.1 Å². The van der Waals surface area contributed by atoms with Gasteiger partial charge in [-0.1, -0.05) is 6.07 Å². The summed E-state index contributed by atoms with van der Waals surface area (Å²) in [5, 5.41) is 0. The Kier molecular flexibility index (Phi) is 4.93. The maximum atomic E-state index is 13.7. The third kappa shape index (κ3) is 3.54. The fraction of sp³-hybridized carbons (Fsp3) is 0.500. The zero-order valence-electron chi connectivity index (χ0n) is 11.0. The lowest BCUT2D eigenvalue weighted by atomic mass is 10.2. The smallest absolute Gasteiger partial charge is 0.257 e. The van der Waals surface area contributed by atoms with E-state index in [1.54, 1.807) is 24.1 Å². The molecule has 0 spiro atoms. The first-order valence-corrected chi connectivity index (χ1v) is 7.30. The number of likely N-dealkylation sites (N-methyl/N-ethyl adjacent to an activating group) is 1. The average molecular weight is 329 g/mol. The fourth-order valence-electron chi connectivity index (χ4n) is 2.29. The lowest BCUT2D eigenvalue weighted by Crippen LogP contribution is -2.35. The van der Waals surface area contributed by atoms with Crippen LogP contribution in [0.25, 0.3) is 0 Å². The van der Waals surface area contributed by atoms with Crippen molar-refractivity contribution in [2.24, 2.45) is 0 Å². The van der Waals surface area contributed by atoms with Gasteiger partial charge in [0.15, 0.2) is 0 Å². The minimum atomic E-state index is -0.479. The molecule has 0 aromatic heterocycles. The van der Waals surface area contributed by atoms with Gasteiger partial charge in [-0.05, 0) is 54.0 Å². The Morgan fingerprint density at radius 1 is 1.42 bits per heavy atom. The highest BCUT2D eigenvalue weighted by Crippen LogP contribution is 2.21. The van der Waals surface area contributed by atoms with Gasteiger partial charge in [0.2, 0.25) is 0 Å². The Morgan fingerprint density at radius 3 is 2.74 bits per heavy atom. The molecular formula is C14H18BrFN2O. The van der Waals surface area contributed by atoms with E-state index >= 15 is 0 Å². The van der Waals surface area contributed by atoms with Gasteiger partial charge in [-0.2, -0.15) is 0 Å². The van der Waals surface area contributed by atoms with Crippen molar-refractivity contribution < 1.29 is 9.18 Å². The van der Waals surface area contributed by atoms with Gasteiger partial charge < -0.3 is 9.80 Å². The number of nitrogens with zero attached hydrogens (tertiary/aromatic N) is 2. The number of rotatable bonds is 4. The molecule has 1 saturated heterocycles. The van der Waals surface area contributed by atoms with Crippen molar-refractivity contribution in [2.75, 3.05) is 33.2 Å². The molecule has 1 heterocycles. The van der Waals surface area contributed by atoms with E-state index in [2.05, 4.69) is 20.8 Å². The van der Waals surface area contributed by atoms with E-state index in [4.69, 9.17) is 0 Å². The summed E-state index contributed by atoms with van der Waals surface area (Å²) in [6.07, 6.45) is 2.47. The van der Waals surface area contributed by atoms with Crippen LogP contribution in [0.4, 0.5) is 4.39 Å². The Bertz CT molecular complexity index is 441. The van der Waals surface area contributed by atoms with Crippen LogP contribution in [0.2, 0.25) is 0 Å². The number of hydrogen-bond donors (Lipinski definition) is 0. The standard InChI is InChI=1S/C14H18BrFN2O/c1-17(9-10-18-7-2-3-8-18)14(19)13-11(15)5-4-6-12(13)16/h4-6H,2-3,7-10H2,1H3. The third-order valence-corrected chi connectivity index (χ3v) is 4.13. The summed E-state index contributed by atoms with van der Waals surface area (Å²) in [6, 6.07) is 4.58. The first kappa shape index (κ1) is 14.5. The monoisotopic (exact) mass is 328 g/mol. The van der Waals surface area contributed by atoms with Crippen LogP contribution < -0.4 is 0 Å². The minimum Gasteiger partial charge on any atom is -0.340 e. The molecular weight excluding hydrogens is 311 g/mol. The molecule has 104 valence electrons. The van der Waals surface area contributed by atoms with E-state index in [-0.39, 0.29) is 11.5 Å². The van der Waals surface area contributed by atoms with Crippen LogP contribution in [0, 0.1) is 5.82 Å². The molecule has 0 saturated carbocycles. The molecule has 0 atom stereocenters. The molecule has 2 rings (SSSR count). The number of carbonyl (C=O) groups is 1. The SMILES string of the molecule is CN(CCN1CCCC1)C(=O)c1c(F)cccc1Br. The molecule has 1 aliphatic heterocycles. The predicted molar refractivity (Wildman–Crippen MR) is 76.7 cm³/mol. The molecule has 0 aliphatic carbocycles. The van der Waals surface area contributed by atoms with Crippen LogP contribution in [0.15, 0.2) is 22.7 Å². The molecule has 0 N–H and O–H groups in total. The summed E-state index contributed by atoms with van der Waals surface area (Å²) in [5.41, 5.74) is 0.117. The summed E-state index contributed by atoms with van der Waals surface area (Å²) in [7, 11) is 1.72. The van der Waals surface area contributed by atoms with Crippen molar-refractivity contribution in [2.45, 2.75) is 12.8 Å². The van der Waals surface area contributed by atoms with E-state index in [0.717, 1.165) is 19.6 Å². The van der Waals surface area contributed by atoms with Crippen molar-refractivity contribution in [3.63, 3.8) is 0 Å². The molecule has 19 heavy (non-hydrogen) atoms. The lowest BCUT2D eigenvalue weighted by molar-refractivity contribution is 0.0776. The van der Waals surface area contributed by atoms with Crippen LogP contribution in [0.5, 0.6) is 0 Å². The van der Waals surface area contributed by atoms with E-state index < -0.39 is 5.82 Å². The molecule has 1 aliphatic rings. The van der Waals surface area contributed by atoms with Gasteiger partial charge in [-0.15, -0.1) is 0 Å².